The van der Waals surface area contributed by atoms with Gasteiger partial charge in [-0.15, -0.1) is 0 Å². The Hall–Kier alpha value is -3.62. The Morgan fingerprint density at radius 2 is 1.97 bits per heavy atom. The maximum absolute atomic E-state index is 12.9. The number of aryl methyl sites for hydroxylation is 1. The number of carbonyl (C=O) groups is 1. The van der Waals surface area contributed by atoms with Gasteiger partial charge in [0, 0.05) is 49.7 Å². The van der Waals surface area contributed by atoms with Crippen molar-refractivity contribution in [3.63, 3.8) is 0 Å². The van der Waals surface area contributed by atoms with E-state index < -0.39 is 0 Å². The van der Waals surface area contributed by atoms with E-state index in [9.17, 15) is 4.79 Å². The van der Waals surface area contributed by atoms with Crippen molar-refractivity contribution in [2.75, 3.05) is 32.2 Å². The SMILES string of the molecule is COc1ccc(CCNC(=O)CC2CCCCCN2c2cc(C)nc(-n3ccnc3)n2)cc1OC. The Kier molecular flexibility index (Phi) is 8.18. The molecule has 1 aliphatic rings. The number of methoxy groups -OCH3 is 2. The number of anilines is 1. The molecule has 3 heterocycles. The smallest absolute Gasteiger partial charge is 0.237 e. The summed E-state index contributed by atoms with van der Waals surface area (Å²) < 4.78 is 12.5. The van der Waals surface area contributed by atoms with Crippen molar-refractivity contribution in [1.82, 2.24) is 24.8 Å². The quantitative estimate of drug-likeness (QED) is 0.503. The molecule has 3 aromatic rings. The van der Waals surface area contributed by atoms with E-state index in [2.05, 4.69) is 20.2 Å². The number of aromatic nitrogens is 4. The molecular formula is C26H34N6O3. The lowest BCUT2D eigenvalue weighted by molar-refractivity contribution is -0.121. The molecule has 9 heteroatoms. The van der Waals surface area contributed by atoms with Crippen LogP contribution in [0, 0.1) is 6.92 Å². The molecule has 1 unspecified atom stereocenters. The van der Waals surface area contributed by atoms with Gasteiger partial charge in [0.15, 0.2) is 11.5 Å². The third-order valence-corrected chi connectivity index (χ3v) is 6.34. The van der Waals surface area contributed by atoms with E-state index >= 15 is 0 Å². The molecule has 4 rings (SSSR count). The molecule has 1 N–H and O–H groups in total. The van der Waals surface area contributed by atoms with Crippen LogP contribution in [0.25, 0.3) is 5.95 Å². The summed E-state index contributed by atoms with van der Waals surface area (Å²) >= 11 is 0. The van der Waals surface area contributed by atoms with Crippen molar-refractivity contribution >= 4 is 11.7 Å². The highest BCUT2D eigenvalue weighted by Gasteiger charge is 2.25. The number of hydrogen-bond acceptors (Lipinski definition) is 7. The molecule has 1 fully saturated rings. The summed E-state index contributed by atoms with van der Waals surface area (Å²) in [5.41, 5.74) is 1.98. The molecule has 1 aliphatic heterocycles. The standard InChI is InChI=1S/C26H34N6O3/c1-19-15-24(30-26(29-19)31-14-12-27-18-31)32-13-6-4-5-7-21(32)17-25(33)28-11-10-20-8-9-22(34-2)23(16-20)35-3/h8-9,12,14-16,18,21H,4-7,10-11,13,17H2,1-3H3,(H,28,33). The number of nitrogens with one attached hydrogen (secondary N) is 1. The predicted octanol–water partition coefficient (Wildman–Crippen LogP) is 3.49. The van der Waals surface area contributed by atoms with Gasteiger partial charge in [-0.05, 0) is 43.9 Å². The summed E-state index contributed by atoms with van der Waals surface area (Å²) in [6.07, 6.45) is 10.7. The lowest BCUT2D eigenvalue weighted by Gasteiger charge is -2.31. The highest BCUT2D eigenvalue weighted by Crippen LogP contribution is 2.28. The van der Waals surface area contributed by atoms with E-state index in [1.54, 1.807) is 26.7 Å². The largest absolute Gasteiger partial charge is 0.493 e. The lowest BCUT2D eigenvalue weighted by atomic mass is 10.1. The predicted molar refractivity (Wildman–Crippen MR) is 134 cm³/mol. The number of imidazole rings is 1. The molecule has 35 heavy (non-hydrogen) atoms. The highest BCUT2D eigenvalue weighted by atomic mass is 16.5. The number of amides is 1. The average Bonchev–Trinajstić information content (AvgIpc) is 3.31. The molecule has 0 spiro atoms. The second-order valence-corrected chi connectivity index (χ2v) is 8.83. The van der Waals surface area contributed by atoms with Crippen LogP contribution >= 0.6 is 0 Å². The van der Waals surface area contributed by atoms with Gasteiger partial charge in [-0.25, -0.2) is 9.97 Å². The van der Waals surface area contributed by atoms with Gasteiger partial charge in [-0.3, -0.25) is 9.36 Å². The van der Waals surface area contributed by atoms with E-state index in [1.165, 1.54) is 0 Å². The molecule has 0 radical (unpaired) electrons. The van der Waals surface area contributed by atoms with E-state index in [0.717, 1.165) is 55.7 Å². The van der Waals surface area contributed by atoms with Crippen molar-refractivity contribution in [3.8, 4) is 17.4 Å². The fourth-order valence-corrected chi connectivity index (χ4v) is 4.54. The first-order valence-electron chi connectivity index (χ1n) is 12.2. The third-order valence-electron chi connectivity index (χ3n) is 6.34. The molecule has 9 nitrogen and oxygen atoms in total. The number of rotatable bonds is 9. The minimum absolute atomic E-state index is 0.0583. The van der Waals surface area contributed by atoms with Crippen LogP contribution in [0.15, 0.2) is 43.0 Å². The van der Waals surface area contributed by atoms with Crippen LogP contribution in [0.2, 0.25) is 0 Å². The summed E-state index contributed by atoms with van der Waals surface area (Å²) in [7, 11) is 3.25. The van der Waals surface area contributed by atoms with Crippen molar-refractivity contribution in [3.05, 3.63) is 54.2 Å². The van der Waals surface area contributed by atoms with E-state index in [-0.39, 0.29) is 11.9 Å². The lowest BCUT2D eigenvalue weighted by Crippen LogP contribution is -2.40. The topological polar surface area (TPSA) is 94.4 Å². The number of carbonyl (C=O) groups excluding carboxylic acids is 1. The number of hydrogen-bond donors (Lipinski definition) is 1. The first-order valence-corrected chi connectivity index (χ1v) is 12.2. The molecule has 0 aliphatic carbocycles. The fourth-order valence-electron chi connectivity index (χ4n) is 4.54. The molecule has 2 aromatic heterocycles. The van der Waals surface area contributed by atoms with Crippen molar-refractivity contribution in [1.29, 1.82) is 0 Å². The van der Waals surface area contributed by atoms with Gasteiger partial charge >= 0.3 is 0 Å². The zero-order valence-electron chi connectivity index (χ0n) is 20.7. The van der Waals surface area contributed by atoms with Crippen LogP contribution in [0.4, 0.5) is 5.82 Å². The summed E-state index contributed by atoms with van der Waals surface area (Å²) in [4.78, 5) is 28.7. The summed E-state index contributed by atoms with van der Waals surface area (Å²) in [6.45, 7) is 3.42. The Morgan fingerprint density at radius 3 is 2.74 bits per heavy atom. The van der Waals surface area contributed by atoms with Crippen molar-refractivity contribution < 1.29 is 14.3 Å². The van der Waals surface area contributed by atoms with Gasteiger partial charge in [0.25, 0.3) is 0 Å². The number of benzene rings is 1. The van der Waals surface area contributed by atoms with Crippen LogP contribution in [0.5, 0.6) is 11.5 Å². The molecule has 1 amide bonds. The van der Waals surface area contributed by atoms with Crippen molar-refractivity contribution in [2.24, 2.45) is 0 Å². The Balaban J connectivity index is 1.40. The summed E-state index contributed by atoms with van der Waals surface area (Å²) in [5, 5.41) is 3.10. The maximum Gasteiger partial charge on any atom is 0.237 e. The van der Waals surface area contributed by atoms with Crippen LogP contribution in [-0.4, -0.2) is 58.8 Å². The minimum Gasteiger partial charge on any atom is -0.493 e. The van der Waals surface area contributed by atoms with E-state index in [1.807, 2.05) is 42.0 Å². The first kappa shape index (κ1) is 24.5. The maximum atomic E-state index is 12.9. The third kappa shape index (κ3) is 6.29. The monoisotopic (exact) mass is 478 g/mol. The minimum atomic E-state index is 0.0583. The molecule has 1 aromatic carbocycles. The Labute approximate surface area is 206 Å². The Morgan fingerprint density at radius 1 is 1.11 bits per heavy atom. The second kappa shape index (κ2) is 11.7. The molecule has 0 bridgehead atoms. The highest BCUT2D eigenvalue weighted by molar-refractivity contribution is 5.77. The van der Waals surface area contributed by atoms with Gasteiger partial charge in [0.05, 0.1) is 14.2 Å². The molecule has 186 valence electrons. The van der Waals surface area contributed by atoms with Gasteiger partial charge in [0.1, 0.15) is 12.1 Å². The van der Waals surface area contributed by atoms with Gasteiger partial charge in [0.2, 0.25) is 11.9 Å². The molecular weight excluding hydrogens is 444 g/mol. The summed E-state index contributed by atoms with van der Waals surface area (Å²) in [6, 6.07) is 7.95. The molecule has 0 saturated carbocycles. The van der Waals surface area contributed by atoms with Gasteiger partial charge < -0.3 is 19.7 Å². The molecule has 1 atom stereocenters. The fraction of sp³-hybridized carbons (Fsp3) is 0.462. The summed E-state index contributed by atoms with van der Waals surface area (Å²) in [5.74, 6) is 2.92. The first-order chi connectivity index (χ1) is 17.1. The van der Waals surface area contributed by atoms with Crippen molar-refractivity contribution in [2.45, 2.75) is 51.5 Å². The zero-order valence-corrected chi connectivity index (χ0v) is 20.7. The Bertz CT molecular complexity index is 1120. The van der Waals surface area contributed by atoms with Gasteiger partial charge in [-0.1, -0.05) is 18.9 Å². The average molecular weight is 479 g/mol. The molecule has 1 saturated heterocycles. The normalized spacial score (nSPS) is 16.0. The zero-order chi connectivity index (χ0) is 24.6. The van der Waals surface area contributed by atoms with Crippen LogP contribution in [0.1, 0.15) is 43.4 Å². The second-order valence-electron chi connectivity index (χ2n) is 8.83. The number of nitrogens with zero attached hydrogens (tertiary/aromatic N) is 5. The van der Waals surface area contributed by atoms with E-state index in [4.69, 9.17) is 14.5 Å². The van der Waals surface area contributed by atoms with Crippen LogP contribution in [0.3, 0.4) is 0 Å². The van der Waals surface area contributed by atoms with E-state index in [0.29, 0.717) is 30.4 Å². The van der Waals surface area contributed by atoms with Crippen LogP contribution in [-0.2, 0) is 11.2 Å². The van der Waals surface area contributed by atoms with Crippen LogP contribution < -0.4 is 19.7 Å². The number of ether oxygens (including phenoxy) is 2. The van der Waals surface area contributed by atoms with Gasteiger partial charge in [-0.2, -0.15) is 4.98 Å².